The molecule has 0 aromatic carbocycles. The van der Waals surface area contributed by atoms with E-state index in [-0.39, 0.29) is 12.1 Å². The van der Waals surface area contributed by atoms with Crippen LogP contribution in [0.3, 0.4) is 0 Å². The van der Waals surface area contributed by atoms with Crippen molar-refractivity contribution < 1.29 is 14.6 Å². The lowest BCUT2D eigenvalue weighted by molar-refractivity contribution is 0.124. The van der Waals surface area contributed by atoms with Gasteiger partial charge < -0.3 is 9.84 Å². The largest absolute Gasteiger partial charge is 0.473 e. The van der Waals surface area contributed by atoms with Gasteiger partial charge in [0, 0.05) is 31.7 Å². The third kappa shape index (κ3) is 3.89. The lowest BCUT2D eigenvalue weighted by Crippen LogP contribution is -2.27. The number of pyridine rings is 1. The number of ether oxygens (including phenoxy) is 1. The first kappa shape index (κ1) is 19.6. The summed E-state index contributed by atoms with van der Waals surface area (Å²) in [6.45, 7) is 1.89. The summed E-state index contributed by atoms with van der Waals surface area (Å²) >= 11 is 3.50. The third-order valence-corrected chi connectivity index (χ3v) is 5.85. The van der Waals surface area contributed by atoms with Gasteiger partial charge in [-0.2, -0.15) is 5.10 Å². The van der Waals surface area contributed by atoms with Gasteiger partial charge in [0.1, 0.15) is 16.5 Å². The number of carbonyl (C=O) groups is 1. The smallest absolute Gasteiger partial charge is 0.412 e. The SMILES string of the molecule is Cc1nccnc1OC1CCC(n2nc(Br)c3cnc(N(C)C(=O)O)cc32)CC1. The molecular formula is C19H21BrN6O3. The van der Waals surface area contributed by atoms with E-state index in [4.69, 9.17) is 4.74 Å². The van der Waals surface area contributed by atoms with E-state index in [2.05, 4.69) is 36.0 Å². The highest BCUT2D eigenvalue weighted by Gasteiger charge is 2.27. The highest BCUT2D eigenvalue weighted by Crippen LogP contribution is 2.35. The van der Waals surface area contributed by atoms with Gasteiger partial charge in [-0.1, -0.05) is 0 Å². The van der Waals surface area contributed by atoms with Gasteiger partial charge in [-0.05, 0) is 48.5 Å². The molecule has 0 saturated heterocycles. The van der Waals surface area contributed by atoms with E-state index in [1.54, 1.807) is 24.7 Å². The summed E-state index contributed by atoms with van der Waals surface area (Å²) in [5.74, 6) is 0.962. The second-order valence-electron chi connectivity index (χ2n) is 7.13. The molecule has 0 spiro atoms. The number of hydrogen-bond acceptors (Lipinski definition) is 6. The van der Waals surface area contributed by atoms with Crippen molar-refractivity contribution in [3.8, 4) is 5.88 Å². The summed E-state index contributed by atoms with van der Waals surface area (Å²) in [4.78, 5) is 25.1. The van der Waals surface area contributed by atoms with Gasteiger partial charge in [0.15, 0.2) is 0 Å². The van der Waals surface area contributed by atoms with E-state index in [1.165, 1.54) is 7.05 Å². The number of nitrogens with zero attached hydrogens (tertiary/aromatic N) is 6. The van der Waals surface area contributed by atoms with Crippen molar-refractivity contribution in [1.82, 2.24) is 24.7 Å². The van der Waals surface area contributed by atoms with Crippen LogP contribution in [0, 0.1) is 6.92 Å². The van der Waals surface area contributed by atoms with Crippen molar-refractivity contribution in [2.24, 2.45) is 0 Å². The fourth-order valence-corrected chi connectivity index (χ4v) is 4.10. The number of fused-ring (bicyclic) bond motifs is 1. The van der Waals surface area contributed by atoms with Crippen molar-refractivity contribution >= 4 is 38.7 Å². The number of aromatic nitrogens is 5. The molecule has 1 N–H and O–H groups in total. The van der Waals surface area contributed by atoms with Crippen molar-refractivity contribution in [2.45, 2.75) is 44.8 Å². The molecule has 1 aliphatic carbocycles. The van der Waals surface area contributed by atoms with Crippen LogP contribution in [0.4, 0.5) is 10.6 Å². The van der Waals surface area contributed by atoms with Crippen LogP contribution in [0.5, 0.6) is 5.88 Å². The number of rotatable bonds is 4. The zero-order chi connectivity index (χ0) is 20.5. The standard InChI is InChI=1S/C19H21BrN6O3/c1-11-18(22-8-7-21-11)29-13-5-3-12(4-6-13)26-15-9-16(25(2)19(27)28)23-10-14(15)17(20)24-26/h7-10,12-13H,3-6H2,1-2H3,(H,27,28). The Bertz CT molecular complexity index is 1050. The normalized spacial score (nSPS) is 19.3. The molecular weight excluding hydrogens is 440 g/mol. The lowest BCUT2D eigenvalue weighted by atomic mass is 9.93. The molecule has 1 fully saturated rings. The molecule has 1 amide bonds. The van der Waals surface area contributed by atoms with Crippen LogP contribution in [-0.4, -0.2) is 49.1 Å². The van der Waals surface area contributed by atoms with Crippen molar-refractivity contribution in [1.29, 1.82) is 0 Å². The Kier molecular flexibility index (Phi) is 5.35. The number of halogens is 1. The Balaban J connectivity index is 1.52. The molecule has 3 aromatic rings. The van der Waals surface area contributed by atoms with E-state index < -0.39 is 6.09 Å². The van der Waals surface area contributed by atoms with Crippen LogP contribution < -0.4 is 9.64 Å². The van der Waals surface area contributed by atoms with Crippen LogP contribution in [0.15, 0.2) is 29.3 Å². The first-order valence-electron chi connectivity index (χ1n) is 9.38. The molecule has 0 radical (unpaired) electrons. The number of aryl methyl sites for hydroxylation is 1. The van der Waals surface area contributed by atoms with Gasteiger partial charge in [0.2, 0.25) is 5.88 Å². The maximum Gasteiger partial charge on any atom is 0.412 e. The average molecular weight is 461 g/mol. The zero-order valence-corrected chi connectivity index (χ0v) is 17.7. The number of hydrogen-bond donors (Lipinski definition) is 1. The van der Waals surface area contributed by atoms with E-state index in [9.17, 15) is 9.90 Å². The average Bonchev–Trinajstić information content (AvgIpc) is 3.05. The molecule has 0 unspecified atom stereocenters. The van der Waals surface area contributed by atoms with Gasteiger partial charge in [-0.15, -0.1) is 0 Å². The highest BCUT2D eigenvalue weighted by atomic mass is 79.9. The minimum absolute atomic E-state index is 0.0993. The summed E-state index contributed by atoms with van der Waals surface area (Å²) in [6, 6.07) is 1.98. The second-order valence-corrected chi connectivity index (χ2v) is 7.88. The molecule has 0 bridgehead atoms. The Morgan fingerprint density at radius 1 is 1.24 bits per heavy atom. The topological polar surface area (TPSA) is 106 Å². The van der Waals surface area contributed by atoms with Crippen LogP contribution >= 0.6 is 15.9 Å². The number of carboxylic acid groups (broad SMARTS) is 1. The maximum absolute atomic E-state index is 11.3. The summed E-state index contributed by atoms with van der Waals surface area (Å²) in [7, 11) is 1.48. The first-order valence-corrected chi connectivity index (χ1v) is 10.2. The molecule has 29 heavy (non-hydrogen) atoms. The maximum atomic E-state index is 11.3. The zero-order valence-electron chi connectivity index (χ0n) is 16.1. The van der Waals surface area contributed by atoms with E-state index in [0.29, 0.717) is 16.3 Å². The number of amides is 1. The Morgan fingerprint density at radius 2 is 1.97 bits per heavy atom. The van der Waals surface area contributed by atoms with Gasteiger partial charge in [-0.25, -0.2) is 14.8 Å². The summed E-state index contributed by atoms with van der Waals surface area (Å²) in [6.07, 6.45) is 7.56. The van der Waals surface area contributed by atoms with Crippen LogP contribution in [0.1, 0.15) is 37.4 Å². The predicted octanol–water partition coefficient (Wildman–Crippen LogP) is 3.97. The van der Waals surface area contributed by atoms with Crippen LogP contribution in [-0.2, 0) is 0 Å². The van der Waals surface area contributed by atoms with Crippen LogP contribution in [0.2, 0.25) is 0 Å². The quantitative estimate of drug-likeness (QED) is 0.627. The molecule has 3 heterocycles. The summed E-state index contributed by atoms with van der Waals surface area (Å²) in [5, 5.41) is 14.7. The van der Waals surface area contributed by atoms with Crippen molar-refractivity contribution in [2.75, 3.05) is 11.9 Å². The summed E-state index contributed by atoms with van der Waals surface area (Å²) in [5.41, 5.74) is 1.66. The third-order valence-electron chi connectivity index (χ3n) is 5.27. The number of anilines is 1. The molecule has 10 heteroatoms. The minimum Gasteiger partial charge on any atom is -0.473 e. The fourth-order valence-electron chi connectivity index (χ4n) is 3.62. The molecule has 0 atom stereocenters. The molecule has 0 aliphatic heterocycles. The van der Waals surface area contributed by atoms with Gasteiger partial charge in [0.05, 0.1) is 22.6 Å². The van der Waals surface area contributed by atoms with E-state index >= 15 is 0 Å². The molecule has 1 aliphatic rings. The molecule has 4 rings (SSSR count). The van der Waals surface area contributed by atoms with Crippen molar-refractivity contribution in [3.63, 3.8) is 0 Å². The minimum atomic E-state index is -1.06. The molecule has 9 nitrogen and oxygen atoms in total. The lowest BCUT2D eigenvalue weighted by Gasteiger charge is -2.29. The monoisotopic (exact) mass is 460 g/mol. The molecule has 1 saturated carbocycles. The predicted molar refractivity (Wildman–Crippen MR) is 110 cm³/mol. The summed E-state index contributed by atoms with van der Waals surface area (Å²) < 4.78 is 8.73. The highest BCUT2D eigenvalue weighted by molar-refractivity contribution is 9.10. The van der Waals surface area contributed by atoms with Crippen LogP contribution in [0.25, 0.3) is 10.9 Å². The molecule has 152 valence electrons. The molecule has 3 aromatic heterocycles. The van der Waals surface area contributed by atoms with E-state index in [1.807, 2.05) is 11.6 Å². The van der Waals surface area contributed by atoms with Gasteiger partial charge in [0.25, 0.3) is 0 Å². The Morgan fingerprint density at radius 3 is 2.66 bits per heavy atom. The van der Waals surface area contributed by atoms with Gasteiger partial charge in [-0.3, -0.25) is 14.6 Å². The van der Waals surface area contributed by atoms with Crippen molar-refractivity contribution in [3.05, 3.63) is 35.0 Å². The van der Waals surface area contributed by atoms with E-state index in [0.717, 1.165) is 47.2 Å². The second kappa shape index (κ2) is 7.94. The Hall–Kier alpha value is -2.75. The Labute approximate surface area is 175 Å². The fraction of sp³-hybridized carbons (Fsp3) is 0.421. The first-order chi connectivity index (χ1) is 13.9. The van der Waals surface area contributed by atoms with Gasteiger partial charge >= 0.3 is 6.09 Å².